The maximum Gasteiger partial charge on any atom is 0.319 e. The Balaban J connectivity index is 1.54. The molecular formula is C21H28N4O3S. The normalized spacial score (nSPS) is 22.5. The van der Waals surface area contributed by atoms with Crippen molar-refractivity contribution in [3.63, 3.8) is 0 Å². The van der Waals surface area contributed by atoms with E-state index in [0.29, 0.717) is 12.6 Å². The molecule has 29 heavy (non-hydrogen) atoms. The zero-order chi connectivity index (χ0) is 20.2. The molecule has 1 saturated carbocycles. The number of cyclic esters (lactones) is 1. The second-order valence-electron chi connectivity index (χ2n) is 7.74. The van der Waals surface area contributed by atoms with E-state index in [-0.39, 0.29) is 17.3 Å². The average molecular weight is 417 g/mol. The number of benzene rings is 1. The van der Waals surface area contributed by atoms with E-state index >= 15 is 0 Å². The molecule has 0 radical (unpaired) electrons. The van der Waals surface area contributed by atoms with Crippen LogP contribution >= 0.6 is 11.8 Å². The fourth-order valence-corrected chi connectivity index (χ4v) is 5.30. The molecule has 2 fully saturated rings. The summed E-state index contributed by atoms with van der Waals surface area (Å²) in [6, 6.07) is 8.24. The zero-order valence-electron chi connectivity index (χ0n) is 17.0. The van der Waals surface area contributed by atoms with Crippen molar-refractivity contribution in [1.29, 1.82) is 0 Å². The van der Waals surface area contributed by atoms with Gasteiger partial charge in [0.2, 0.25) is 0 Å². The smallest absolute Gasteiger partial charge is 0.319 e. The maximum atomic E-state index is 12.1. The van der Waals surface area contributed by atoms with Crippen molar-refractivity contribution < 1.29 is 14.3 Å². The molecule has 0 amide bonds. The van der Waals surface area contributed by atoms with Crippen LogP contribution in [0.15, 0.2) is 29.4 Å². The highest BCUT2D eigenvalue weighted by atomic mass is 32.2. The van der Waals surface area contributed by atoms with E-state index in [1.807, 2.05) is 31.2 Å². The molecule has 0 bridgehead atoms. The predicted molar refractivity (Wildman–Crippen MR) is 112 cm³/mol. The first-order chi connectivity index (χ1) is 14.1. The first-order valence-corrected chi connectivity index (χ1v) is 11.2. The number of methoxy groups -OCH3 is 1. The zero-order valence-corrected chi connectivity index (χ0v) is 17.8. The maximum absolute atomic E-state index is 12.1. The lowest BCUT2D eigenvalue weighted by Gasteiger charge is -2.26. The minimum atomic E-state index is -0.198. The summed E-state index contributed by atoms with van der Waals surface area (Å²) >= 11 is 1.50. The van der Waals surface area contributed by atoms with E-state index in [1.54, 1.807) is 7.11 Å². The van der Waals surface area contributed by atoms with Crippen LogP contribution in [-0.4, -0.2) is 39.2 Å². The van der Waals surface area contributed by atoms with Gasteiger partial charge in [0.1, 0.15) is 17.1 Å². The summed E-state index contributed by atoms with van der Waals surface area (Å²) < 4.78 is 12.9. The number of thioether (sulfide) groups is 1. The Labute approximate surface area is 175 Å². The SMILES string of the molecule is COc1cccc(NCc2nnc(S[C@H]3C[C@H](C)OC3=O)n2C2CCCCC2)c1. The van der Waals surface area contributed by atoms with E-state index in [9.17, 15) is 4.79 Å². The molecule has 2 heterocycles. The minimum absolute atomic E-state index is 0.0275. The third kappa shape index (κ3) is 4.69. The molecule has 7 nitrogen and oxygen atoms in total. The van der Waals surface area contributed by atoms with Gasteiger partial charge in [0, 0.05) is 24.2 Å². The van der Waals surface area contributed by atoms with Gasteiger partial charge in [-0.15, -0.1) is 10.2 Å². The van der Waals surface area contributed by atoms with Crippen LogP contribution in [0.4, 0.5) is 5.69 Å². The number of nitrogens with zero attached hydrogens (tertiary/aromatic N) is 3. The van der Waals surface area contributed by atoms with Crippen molar-refractivity contribution in [2.45, 2.75) is 74.5 Å². The summed E-state index contributed by atoms with van der Waals surface area (Å²) in [5.41, 5.74) is 0.977. The standard InChI is InChI=1S/C21H28N4O3S/c1-14-11-18(20(26)28-14)29-21-24-23-19(25(21)16-8-4-3-5-9-16)13-22-15-7-6-10-17(12-15)27-2/h6-7,10,12,14,16,18,22H,3-5,8-9,11,13H2,1-2H3/t14-,18-/m0/s1. The van der Waals surface area contributed by atoms with Crippen LogP contribution in [0.2, 0.25) is 0 Å². The summed E-state index contributed by atoms with van der Waals surface area (Å²) in [5.74, 6) is 1.58. The molecule has 1 aliphatic carbocycles. The van der Waals surface area contributed by atoms with Gasteiger partial charge in [-0.05, 0) is 31.9 Å². The van der Waals surface area contributed by atoms with Gasteiger partial charge in [-0.25, -0.2) is 0 Å². The number of anilines is 1. The largest absolute Gasteiger partial charge is 0.497 e. The van der Waals surface area contributed by atoms with Gasteiger partial charge in [0.25, 0.3) is 0 Å². The number of esters is 1. The molecule has 1 aromatic heterocycles. The molecule has 1 saturated heterocycles. The number of hydrogen-bond donors (Lipinski definition) is 1. The second-order valence-corrected chi connectivity index (χ2v) is 8.91. The number of nitrogens with one attached hydrogen (secondary N) is 1. The van der Waals surface area contributed by atoms with Gasteiger partial charge in [0.05, 0.1) is 13.7 Å². The van der Waals surface area contributed by atoms with Crippen LogP contribution in [0.5, 0.6) is 5.75 Å². The van der Waals surface area contributed by atoms with Crippen LogP contribution in [0.3, 0.4) is 0 Å². The molecule has 2 aliphatic rings. The lowest BCUT2D eigenvalue weighted by molar-refractivity contribution is -0.140. The highest BCUT2D eigenvalue weighted by Crippen LogP contribution is 2.36. The van der Waals surface area contributed by atoms with Gasteiger partial charge in [-0.3, -0.25) is 4.79 Å². The summed E-state index contributed by atoms with van der Waals surface area (Å²) in [5, 5.41) is 13.0. The first kappa shape index (κ1) is 20.1. The Kier molecular flexibility index (Phi) is 6.28. The van der Waals surface area contributed by atoms with Crippen molar-refractivity contribution >= 4 is 23.4 Å². The Morgan fingerprint density at radius 2 is 2.10 bits per heavy atom. The first-order valence-electron chi connectivity index (χ1n) is 10.3. The highest BCUT2D eigenvalue weighted by Gasteiger charge is 2.35. The van der Waals surface area contributed by atoms with Gasteiger partial charge in [0.15, 0.2) is 11.0 Å². The number of aromatic nitrogens is 3. The number of ether oxygens (including phenoxy) is 2. The number of carbonyl (C=O) groups excluding carboxylic acids is 1. The summed E-state index contributed by atoms with van der Waals surface area (Å²) in [6.07, 6.45) is 6.67. The number of carbonyl (C=O) groups is 1. The van der Waals surface area contributed by atoms with Crippen molar-refractivity contribution in [3.05, 3.63) is 30.1 Å². The Bertz CT molecular complexity index is 850. The van der Waals surface area contributed by atoms with E-state index in [4.69, 9.17) is 9.47 Å². The van der Waals surface area contributed by atoms with Gasteiger partial charge >= 0.3 is 5.97 Å². The fraction of sp³-hybridized carbons (Fsp3) is 0.571. The Hall–Kier alpha value is -2.22. The van der Waals surface area contributed by atoms with E-state index in [2.05, 4.69) is 20.1 Å². The molecule has 2 atom stereocenters. The molecule has 1 aliphatic heterocycles. The Morgan fingerprint density at radius 3 is 2.83 bits per heavy atom. The summed E-state index contributed by atoms with van der Waals surface area (Å²) in [4.78, 5) is 12.1. The van der Waals surface area contributed by atoms with Crippen molar-refractivity contribution in [1.82, 2.24) is 14.8 Å². The third-order valence-electron chi connectivity index (χ3n) is 5.57. The lowest BCUT2D eigenvalue weighted by Crippen LogP contribution is -2.19. The molecule has 8 heteroatoms. The van der Waals surface area contributed by atoms with Crippen molar-refractivity contribution in [3.8, 4) is 5.75 Å². The number of rotatable bonds is 7. The summed E-state index contributed by atoms with van der Waals surface area (Å²) in [7, 11) is 1.66. The molecule has 1 N–H and O–H groups in total. The minimum Gasteiger partial charge on any atom is -0.497 e. The topological polar surface area (TPSA) is 78.3 Å². The van der Waals surface area contributed by atoms with Gasteiger partial charge < -0.3 is 19.4 Å². The van der Waals surface area contributed by atoms with E-state index in [1.165, 1.54) is 31.0 Å². The van der Waals surface area contributed by atoms with Crippen LogP contribution in [0, 0.1) is 0 Å². The van der Waals surface area contributed by atoms with Crippen LogP contribution in [0.1, 0.15) is 57.3 Å². The average Bonchev–Trinajstić information content (AvgIpc) is 3.29. The van der Waals surface area contributed by atoms with E-state index in [0.717, 1.165) is 41.7 Å². The molecule has 0 unspecified atom stereocenters. The second kappa shape index (κ2) is 9.07. The molecular weight excluding hydrogens is 388 g/mol. The van der Waals surface area contributed by atoms with Crippen LogP contribution in [-0.2, 0) is 16.1 Å². The molecule has 2 aromatic rings. The van der Waals surface area contributed by atoms with E-state index < -0.39 is 0 Å². The van der Waals surface area contributed by atoms with Crippen molar-refractivity contribution in [2.24, 2.45) is 0 Å². The fourth-order valence-electron chi connectivity index (χ4n) is 4.07. The lowest BCUT2D eigenvalue weighted by atomic mass is 9.95. The van der Waals surface area contributed by atoms with Crippen LogP contribution in [0.25, 0.3) is 0 Å². The molecule has 1 aromatic carbocycles. The van der Waals surface area contributed by atoms with Crippen LogP contribution < -0.4 is 10.1 Å². The molecule has 156 valence electrons. The quantitative estimate of drug-likeness (QED) is 0.678. The van der Waals surface area contributed by atoms with Crippen molar-refractivity contribution in [2.75, 3.05) is 12.4 Å². The highest BCUT2D eigenvalue weighted by molar-refractivity contribution is 8.00. The van der Waals surface area contributed by atoms with Gasteiger partial charge in [-0.1, -0.05) is 37.1 Å². The predicted octanol–water partition coefficient (Wildman–Crippen LogP) is 4.20. The Morgan fingerprint density at radius 1 is 1.28 bits per heavy atom. The third-order valence-corrected chi connectivity index (χ3v) is 6.73. The van der Waals surface area contributed by atoms with Gasteiger partial charge in [-0.2, -0.15) is 0 Å². The molecule has 4 rings (SSSR count). The molecule has 0 spiro atoms. The monoisotopic (exact) mass is 416 g/mol. The summed E-state index contributed by atoms with van der Waals surface area (Å²) in [6.45, 7) is 2.51. The number of hydrogen-bond acceptors (Lipinski definition) is 7.